The van der Waals surface area contributed by atoms with Gasteiger partial charge >= 0.3 is 24.2 Å². The van der Waals surface area contributed by atoms with Gasteiger partial charge in [-0.25, -0.2) is 14.4 Å². The van der Waals surface area contributed by atoms with Crippen LogP contribution in [0, 0.1) is 16.7 Å². The van der Waals surface area contributed by atoms with Crippen LogP contribution >= 0.6 is 0 Å². The number of likely N-dealkylation sites (N-methyl/N-ethyl adjacent to an activating group) is 2. The van der Waals surface area contributed by atoms with E-state index in [-0.39, 0.29) is 50.8 Å². The largest absolute Gasteiger partial charge is 0.465 e. The van der Waals surface area contributed by atoms with Crippen molar-refractivity contribution in [1.29, 1.82) is 0 Å². The quantitative estimate of drug-likeness (QED) is 0.0752. The Morgan fingerprint density at radius 1 is 0.966 bits per heavy atom. The van der Waals surface area contributed by atoms with E-state index in [4.69, 9.17) is 25.7 Å². The molecule has 18 nitrogen and oxygen atoms in total. The summed E-state index contributed by atoms with van der Waals surface area (Å²) in [5, 5.41) is 19.2. The Labute approximate surface area is 344 Å². The average Bonchev–Trinajstić information content (AvgIpc) is 3.95. The first-order chi connectivity index (χ1) is 27.5. The molecule has 0 aliphatic heterocycles. The van der Waals surface area contributed by atoms with E-state index in [0.717, 1.165) is 5.57 Å². The van der Waals surface area contributed by atoms with E-state index in [1.807, 2.05) is 6.92 Å². The summed E-state index contributed by atoms with van der Waals surface area (Å²) in [6.45, 7) is 10.0. The van der Waals surface area contributed by atoms with Crippen molar-refractivity contribution in [2.45, 2.75) is 97.6 Å². The zero-order valence-corrected chi connectivity index (χ0v) is 35.1. The summed E-state index contributed by atoms with van der Waals surface area (Å²) in [7, 11) is 3.02. The number of Topliss-reactive ketones (excluding diaryl/α,β-unsaturated/α-hetero) is 1. The Balaban J connectivity index is 1.30. The first-order valence-electron chi connectivity index (χ1n) is 19.7. The van der Waals surface area contributed by atoms with Crippen LogP contribution in [0.3, 0.4) is 0 Å². The summed E-state index contributed by atoms with van der Waals surface area (Å²) in [6.07, 6.45) is 1.07. The number of carbonyl (C=O) groups excluding carboxylic acids is 7. The molecule has 324 valence electrons. The normalized spacial score (nSPS) is 22.4. The molecule has 1 fully saturated rings. The monoisotopic (exact) mass is 825 g/mol. The number of hydrogen-bond donors (Lipinski definition) is 6. The number of ether oxygens (including phenoxy) is 3. The second kappa shape index (κ2) is 18.6. The number of ketones is 1. The number of nitrogens with two attached hydrogens (primary N) is 2. The highest BCUT2D eigenvalue weighted by molar-refractivity contribution is 6.09. The Bertz CT molecular complexity index is 1870. The minimum Gasteiger partial charge on any atom is -0.465 e. The van der Waals surface area contributed by atoms with Gasteiger partial charge in [-0.1, -0.05) is 37.6 Å². The molecule has 6 amide bonds. The standard InChI is InChI=1S/C41H59N7O11/c1-23(2)31(42)35(52)46-29(10-9-17-44-36(43)53)34(51)45-27-13-11-26(12-14-27)21-57-37(54)47(7)18-19-48(8)38(55)59-33-30-24(3)41(15-16-41)40(6,56)32(50)28(30)20-39(33,5)22-58-25(4)49/h11-14,20,23,29,31,33,56H,9-10,15-19,21-22,42H2,1-8H3,(H,45,51)(H,46,52)(H3,43,44,53)/t29?,31?,33?,39?,40-/m0/s1. The number of primary amides is 1. The highest BCUT2D eigenvalue weighted by atomic mass is 16.6. The molecule has 1 aromatic carbocycles. The number of nitrogens with one attached hydrogen (secondary N) is 3. The number of fused-ring (bicyclic) bond motifs is 1. The number of anilines is 1. The molecule has 59 heavy (non-hydrogen) atoms. The third-order valence-corrected chi connectivity index (χ3v) is 11.5. The Morgan fingerprint density at radius 3 is 2.14 bits per heavy atom. The second-order valence-electron chi connectivity index (χ2n) is 16.5. The number of aliphatic hydroxyl groups is 1. The first kappa shape index (κ1) is 46.2. The molecule has 1 aromatic rings. The molecular formula is C41H59N7O11. The summed E-state index contributed by atoms with van der Waals surface area (Å²) in [5.41, 5.74) is 10.2. The summed E-state index contributed by atoms with van der Waals surface area (Å²) >= 11 is 0. The molecule has 0 aromatic heterocycles. The molecule has 3 aliphatic carbocycles. The van der Waals surface area contributed by atoms with Crippen molar-refractivity contribution >= 4 is 47.5 Å². The van der Waals surface area contributed by atoms with E-state index >= 15 is 0 Å². The fraction of sp³-hybridized carbons (Fsp3) is 0.585. The smallest absolute Gasteiger partial charge is 0.410 e. The van der Waals surface area contributed by atoms with E-state index in [1.54, 1.807) is 51.1 Å². The van der Waals surface area contributed by atoms with Gasteiger partial charge in [-0.2, -0.15) is 0 Å². The molecule has 0 radical (unpaired) electrons. The number of carbonyl (C=O) groups is 7. The topological polar surface area (TPSA) is 262 Å². The van der Waals surface area contributed by atoms with Crippen molar-refractivity contribution in [3.63, 3.8) is 0 Å². The summed E-state index contributed by atoms with van der Waals surface area (Å²) in [4.78, 5) is 91.2. The van der Waals surface area contributed by atoms with Gasteiger partial charge in [0.2, 0.25) is 11.8 Å². The molecule has 18 heteroatoms. The van der Waals surface area contributed by atoms with Crippen molar-refractivity contribution in [2.24, 2.45) is 28.2 Å². The number of nitrogens with zero attached hydrogens (tertiary/aromatic N) is 2. The number of urea groups is 1. The number of benzene rings is 1. The van der Waals surface area contributed by atoms with Crippen LogP contribution in [0.15, 0.2) is 47.1 Å². The van der Waals surface area contributed by atoms with Crippen LogP contribution in [0.5, 0.6) is 0 Å². The van der Waals surface area contributed by atoms with Gasteiger partial charge in [0.1, 0.15) is 31.0 Å². The molecule has 1 spiro atoms. The van der Waals surface area contributed by atoms with E-state index < -0.39 is 76.4 Å². The minimum absolute atomic E-state index is 0.0641. The summed E-state index contributed by atoms with van der Waals surface area (Å²) in [5.74, 6) is -2.11. The zero-order valence-electron chi connectivity index (χ0n) is 35.1. The molecule has 0 saturated heterocycles. The van der Waals surface area contributed by atoms with Gasteiger partial charge in [0, 0.05) is 62.9 Å². The van der Waals surface area contributed by atoms with Crippen LogP contribution in [0.4, 0.5) is 20.1 Å². The summed E-state index contributed by atoms with van der Waals surface area (Å²) in [6, 6.07) is 4.11. The van der Waals surface area contributed by atoms with Crippen molar-refractivity contribution in [1.82, 2.24) is 20.4 Å². The first-order valence-corrected chi connectivity index (χ1v) is 19.7. The number of hydrogen-bond acceptors (Lipinski definition) is 12. The molecule has 4 unspecified atom stereocenters. The Hall–Kier alpha value is -5.49. The molecule has 5 atom stereocenters. The molecule has 0 bridgehead atoms. The Kier molecular flexibility index (Phi) is 14.6. The van der Waals surface area contributed by atoms with Gasteiger partial charge in [-0.05, 0) is 70.1 Å². The van der Waals surface area contributed by atoms with E-state index in [1.165, 1.54) is 37.7 Å². The van der Waals surface area contributed by atoms with Gasteiger partial charge in [-0.15, -0.1) is 0 Å². The second-order valence-corrected chi connectivity index (χ2v) is 16.5. The molecule has 8 N–H and O–H groups in total. The molecular weight excluding hydrogens is 766 g/mol. The lowest BCUT2D eigenvalue weighted by molar-refractivity contribution is -0.144. The van der Waals surface area contributed by atoms with Gasteiger partial charge in [0.05, 0.1) is 11.5 Å². The van der Waals surface area contributed by atoms with E-state index in [9.17, 15) is 38.7 Å². The molecule has 3 aliphatic rings. The van der Waals surface area contributed by atoms with Crippen molar-refractivity contribution in [2.75, 3.05) is 45.7 Å². The highest BCUT2D eigenvalue weighted by Crippen LogP contribution is 2.65. The van der Waals surface area contributed by atoms with E-state index in [2.05, 4.69) is 16.0 Å². The third kappa shape index (κ3) is 10.6. The fourth-order valence-corrected chi connectivity index (χ4v) is 7.40. The number of esters is 1. The number of amides is 6. The lowest BCUT2D eigenvalue weighted by atomic mass is 9.67. The lowest BCUT2D eigenvalue weighted by Gasteiger charge is -2.40. The number of rotatable bonds is 17. The van der Waals surface area contributed by atoms with Crippen LogP contribution in [-0.4, -0.2) is 121 Å². The Morgan fingerprint density at radius 2 is 1.58 bits per heavy atom. The van der Waals surface area contributed by atoms with Crippen LogP contribution < -0.4 is 27.4 Å². The fourth-order valence-electron chi connectivity index (χ4n) is 7.40. The van der Waals surface area contributed by atoms with Gasteiger partial charge in [0.25, 0.3) is 0 Å². The van der Waals surface area contributed by atoms with Crippen LogP contribution in [0.1, 0.15) is 72.8 Å². The maximum absolute atomic E-state index is 13.6. The molecule has 0 heterocycles. The predicted octanol–water partition coefficient (Wildman–Crippen LogP) is 2.49. The molecule has 4 rings (SSSR count). The van der Waals surface area contributed by atoms with Crippen molar-refractivity contribution in [3.8, 4) is 0 Å². The van der Waals surface area contributed by atoms with Crippen LogP contribution in [0.2, 0.25) is 0 Å². The van der Waals surface area contributed by atoms with Crippen molar-refractivity contribution in [3.05, 3.63) is 52.6 Å². The average molecular weight is 826 g/mol. The molecule has 1 saturated carbocycles. The minimum atomic E-state index is -1.62. The zero-order chi connectivity index (χ0) is 44.0. The van der Waals surface area contributed by atoms with Gasteiger partial charge in [0.15, 0.2) is 5.78 Å². The highest BCUT2D eigenvalue weighted by Gasteiger charge is 2.67. The summed E-state index contributed by atoms with van der Waals surface area (Å²) < 4.78 is 16.9. The van der Waals surface area contributed by atoms with Gasteiger partial charge in [-0.3, -0.25) is 19.2 Å². The predicted molar refractivity (Wildman–Crippen MR) is 215 cm³/mol. The maximum atomic E-state index is 13.6. The van der Waals surface area contributed by atoms with Crippen LogP contribution in [-0.2, 0) is 40.0 Å². The van der Waals surface area contributed by atoms with E-state index in [0.29, 0.717) is 36.1 Å². The maximum Gasteiger partial charge on any atom is 0.410 e. The van der Waals surface area contributed by atoms with Crippen molar-refractivity contribution < 1.29 is 52.9 Å². The lowest BCUT2D eigenvalue weighted by Crippen LogP contribution is -2.51. The van der Waals surface area contributed by atoms with Crippen LogP contribution in [0.25, 0.3) is 0 Å². The van der Waals surface area contributed by atoms with Gasteiger partial charge < -0.3 is 56.5 Å². The third-order valence-electron chi connectivity index (χ3n) is 11.5. The SMILES string of the molecule is CC(=O)OCC1(C)C=C2C(=O)[C@](C)(O)C3(CC3)C(C)=C2C1OC(=O)N(C)CCN(C)C(=O)OCc1ccc(NC(=O)C(CCCNC(N)=O)NC(=O)C(N)C(C)C)cc1.